The molecule has 0 amide bonds. The van der Waals surface area contributed by atoms with Crippen LogP contribution in [0.2, 0.25) is 0 Å². The molecule has 0 aliphatic rings. The molecule has 0 aromatic carbocycles. The predicted octanol–water partition coefficient (Wildman–Crippen LogP) is 1.75. The first-order chi connectivity index (χ1) is 6.52. The lowest BCUT2D eigenvalue weighted by Gasteiger charge is -2.04. The number of carbonyl (C=O) groups excluding carboxylic acids is 1. The Morgan fingerprint density at radius 1 is 1.50 bits per heavy atom. The van der Waals surface area contributed by atoms with Gasteiger partial charge in [-0.15, -0.1) is 0 Å². The number of rotatable bonds is 3. The predicted molar refractivity (Wildman–Crippen MR) is 53.1 cm³/mol. The van der Waals surface area contributed by atoms with Crippen molar-refractivity contribution in [3.63, 3.8) is 0 Å². The van der Waals surface area contributed by atoms with Crippen molar-refractivity contribution in [2.75, 3.05) is 0 Å². The maximum absolute atomic E-state index is 11.5. The highest BCUT2D eigenvalue weighted by Gasteiger charge is 2.22. The lowest BCUT2D eigenvalue weighted by Crippen LogP contribution is -2.20. The van der Waals surface area contributed by atoms with Crippen LogP contribution in [-0.2, 0) is 4.79 Å². The fourth-order valence-corrected chi connectivity index (χ4v) is 1.27. The molecule has 0 saturated heterocycles. The molecule has 1 aromatic heterocycles. The summed E-state index contributed by atoms with van der Waals surface area (Å²) in [6.07, 6.45) is 2.88. The lowest BCUT2D eigenvalue weighted by molar-refractivity contribution is -0.139. The maximum Gasteiger partial charge on any atom is 0.314 e. The van der Waals surface area contributed by atoms with E-state index in [0.717, 1.165) is 0 Å². The van der Waals surface area contributed by atoms with Gasteiger partial charge >= 0.3 is 5.97 Å². The van der Waals surface area contributed by atoms with E-state index < -0.39 is 17.7 Å². The minimum atomic E-state index is -1.13. The van der Waals surface area contributed by atoms with Crippen molar-refractivity contribution in [3.05, 3.63) is 28.5 Å². The van der Waals surface area contributed by atoms with Crippen molar-refractivity contribution in [1.82, 2.24) is 4.98 Å². The molecule has 1 heterocycles. The van der Waals surface area contributed by atoms with Gasteiger partial charge in [0.1, 0.15) is 5.92 Å². The molecule has 1 N–H and O–H groups in total. The number of ketones is 1. The summed E-state index contributed by atoms with van der Waals surface area (Å²) in [5.74, 6) is -2.60. The van der Waals surface area contributed by atoms with E-state index in [1.807, 2.05) is 0 Å². The summed E-state index contributed by atoms with van der Waals surface area (Å²) in [6, 6.07) is 1.55. The maximum atomic E-state index is 11.5. The topological polar surface area (TPSA) is 67.3 Å². The van der Waals surface area contributed by atoms with E-state index in [1.165, 1.54) is 19.3 Å². The summed E-state index contributed by atoms with van der Waals surface area (Å²) in [5, 5.41) is 8.63. The Morgan fingerprint density at radius 3 is 2.64 bits per heavy atom. The van der Waals surface area contributed by atoms with Crippen molar-refractivity contribution in [3.8, 4) is 0 Å². The van der Waals surface area contributed by atoms with Gasteiger partial charge in [0, 0.05) is 22.4 Å². The standard InChI is InChI=1S/C9H8BrNO3/c1-5(9(13)14)8(12)6-2-7(10)4-11-3-6/h2-5H,1H3,(H,13,14). The summed E-state index contributed by atoms with van der Waals surface area (Å²) >= 11 is 3.15. The highest BCUT2D eigenvalue weighted by Crippen LogP contribution is 2.13. The van der Waals surface area contributed by atoms with Crippen LogP contribution >= 0.6 is 15.9 Å². The average molecular weight is 258 g/mol. The number of halogens is 1. The van der Waals surface area contributed by atoms with Crippen LogP contribution in [0.3, 0.4) is 0 Å². The quantitative estimate of drug-likeness (QED) is 0.662. The number of nitrogens with zero attached hydrogens (tertiary/aromatic N) is 1. The van der Waals surface area contributed by atoms with Crippen LogP contribution in [0.15, 0.2) is 22.9 Å². The van der Waals surface area contributed by atoms with E-state index in [9.17, 15) is 9.59 Å². The molecule has 0 radical (unpaired) electrons. The van der Waals surface area contributed by atoms with Gasteiger partial charge in [-0.3, -0.25) is 14.6 Å². The van der Waals surface area contributed by atoms with Crippen molar-refractivity contribution in [2.24, 2.45) is 5.92 Å². The lowest BCUT2D eigenvalue weighted by atomic mass is 10.0. The molecule has 74 valence electrons. The molecule has 0 saturated carbocycles. The number of hydrogen-bond donors (Lipinski definition) is 1. The minimum absolute atomic E-state index is 0.300. The normalized spacial score (nSPS) is 12.1. The number of carbonyl (C=O) groups is 2. The molecule has 0 aliphatic heterocycles. The molecule has 14 heavy (non-hydrogen) atoms. The van der Waals surface area contributed by atoms with Gasteiger partial charge in [0.2, 0.25) is 0 Å². The van der Waals surface area contributed by atoms with Crippen LogP contribution in [0.1, 0.15) is 17.3 Å². The van der Waals surface area contributed by atoms with E-state index in [2.05, 4.69) is 20.9 Å². The molecule has 1 rings (SSSR count). The van der Waals surface area contributed by atoms with E-state index in [-0.39, 0.29) is 0 Å². The second-order valence-corrected chi connectivity index (χ2v) is 3.73. The summed E-state index contributed by atoms with van der Waals surface area (Å²) in [5.41, 5.74) is 0.300. The van der Waals surface area contributed by atoms with Crippen LogP contribution in [0.4, 0.5) is 0 Å². The largest absolute Gasteiger partial charge is 0.481 e. The minimum Gasteiger partial charge on any atom is -0.481 e. The van der Waals surface area contributed by atoms with Crippen LogP contribution in [-0.4, -0.2) is 21.8 Å². The van der Waals surface area contributed by atoms with Gasteiger partial charge in [0.05, 0.1) is 0 Å². The molecule has 1 atom stereocenters. The highest BCUT2D eigenvalue weighted by molar-refractivity contribution is 9.10. The third-order valence-electron chi connectivity index (χ3n) is 1.75. The second kappa shape index (κ2) is 4.32. The summed E-state index contributed by atoms with van der Waals surface area (Å²) in [6.45, 7) is 1.35. The van der Waals surface area contributed by atoms with Crippen LogP contribution < -0.4 is 0 Å². The molecule has 0 fully saturated rings. The van der Waals surface area contributed by atoms with Crippen LogP contribution in [0, 0.1) is 5.92 Å². The van der Waals surface area contributed by atoms with E-state index in [1.54, 1.807) is 6.07 Å². The fraction of sp³-hybridized carbons (Fsp3) is 0.222. The number of pyridine rings is 1. The van der Waals surface area contributed by atoms with Gasteiger partial charge in [0.15, 0.2) is 5.78 Å². The third-order valence-corrected chi connectivity index (χ3v) is 2.19. The van der Waals surface area contributed by atoms with Gasteiger partial charge in [-0.05, 0) is 28.9 Å². The smallest absolute Gasteiger partial charge is 0.314 e. The van der Waals surface area contributed by atoms with Gasteiger partial charge < -0.3 is 5.11 Å². The first kappa shape index (κ1) is 10.8. The fourth-order valence-electron chi connectivity index (χ4n) is 0.909. The van der Waals surface area contributed by atoms with E-state index >= 15 is 0 Å². The number of aromatic nitrogens is 1. The SMILES string of the molecule is CC(C(=O)O)C(=O)c1cncc(Br)c1. The van der Waals surface area contributed by atoms with Crippen molar-refractivity contribution in [2.45, 2.75) is 6.92 Å². The van der Waals surface area contributed by atoms with Crippen molar-refractivity contribution < 1.29 is 14.7 Å². The molecule has 5 heteroatoms. The Bertz CT molecular complexity index is 378. The molecule has 0 spiro atoms. The first-order valence-electron chi connectivity index (χ1n) is 3.90. The third kappa shape index (κ3) is 2.38. The zero-order valence-corrected chi connectivity index (χ0v) is 8.98. The van der Waals surface area contributed by atoms with Crippen LogP contribution in [0.25, 0.3) is 0 Å². The number of aliphatic carboxylic acids is 1. The summed E-state index contributed by atoms with van der Waals surface area (Å²) < 4.78 is 0.654. The van der Waals surface area contributed by atoms with Gasteiger partial charge in [-0.1, -0.05) is 0 Å². The Balaban J connectivity index is 2.95. The number of hydrogen-bond acceptors (Lipinski definition) is 3. The first-order valence-corrected chi connectivity index (χ1v) is 4.69. The monoisotopic (exact) mass is 257 g/mol. The summed E-state index contributed by atoms with van der Waals surface area (Å²) in [7, 11) is 0. The van der Waals surface area contributed by atoms with Crippen LogP contribution in [0.5, 0.6) is 0 Å². The zero-order chi connectivity index (χ0) is 10.7. The molecule has 0 aliphatic carbocycles. The summed E-state index contributed by atoms with van der Waals surface area (Å²) in [4.78, 5) is 25.8. The van der Waals surface area contributed by atoms with E-state index in [0.29, 0.717) is 10.0 Å². The number of carboxylic acids is 1. The van der Waals surface area contributed by atoms with Gasteiger partial charge in [-0.25, -0.2) is 0 Å². The number of carboxylic acid groups (broad SMARTS) is 1. The molecule has 0 bridgehead atoms. The van der Waals surface area contributed by atoms with Gasteiger partial charge in [-0.2, -0.15) is 0 Å². The van der Waals surface area contributed by atoms with Gasteiger partial charge in [0.25, 0.3) is 0 Å². The van der Waals surface area contributed by atoms with E-state index in [4.69, 9.17) is 5.11 Å². The Morgan fingerprint density at radius 2 is 2.14 bits per heavy atom. The molecule has 1 aromatic rings. The molecular formula is C9H8BrNO3. The van der Waals surface area contributed by atoms with Crippen molar-refractivity contribution in [1.29, 1.82) is 0 Å². The Hall–Kier alpha value is -1.23. The zero-order valence-electron chi connectivity index (χ0n) is 7.40. The second-order valence-electron chi connectivity index (χ2n) is 2.82. The molecule has 4 nitrogen and oxygen atoms in total. The Labute approximate surface area is 89.1 Å². The number of Topliss-reactive ketones (excluding diaryl/α,β-unsaturated/α-hetero) is 1. The Kier molecular flexibility index (Phi) is 3.35. The molecule has 1 unspecified atom stereocenters. The average Bonchev–Trinajstić information content (AvgIpc) is 2.15. The highest BCUT2D eigenvalue weighted by atomic mass is 79.9. The molecular weight excluding hydrogens is 250 g/mol. The van der Waals surface area contributed by atoms with Crippen molar-refractivity contribution >= 4 is 27.7 Å².